The van der Waals surface area contributed by atoms with Crippen molar-refractivity contribution in [3.63, 3.8) is 0 Å². The summed E-state index contributed by atoms with van der Waals surface area (Å²) in [6.07, 6.45) is 2.69. The van der Waals surface area contributed by atoms with Crippen molar-refractivity contribution in [2.75, 3.05) is 19.6 Å². The van der Waals surface area contributed by atoms with Gasteiger partial charge in [-0.3, -0.25) is 4.79 Å². The van der Waals surface area contributed by atoms with Crippen LogP contribution >= 0.6 is 0 Å². The summed E-state index contributed by atoms with van der Waals surface area (Å²) >= 11 is 0. The standard InChI is InChI=1S/C22H28N2O3S/c1-3-23-22(25)21-16-20(10-9-17(21)2)28(26,27)24-13-11-19(12-14-24)15-18-7-5-4-6-8-18/h4-10,16,19H,3,11-15H2,1-2H3,(H,23,25). The van der Waals surface area contributed by atoms with E-state index in [2.05, 4.69) is 17.4 Å². The van der Waals surface area contributed by atoms with Gasteiger partial charge in [0.25, 0.3) is 5.91 Å². The van der Waals surface area contributed by atoms with Crippen LogP contribution in [0.3, 0.4) is 0 Å². The molecule has 5 nitrogen and oxygen atoms in total. The third-order valence-electron chi connectivity index (χ3n) is 5.37. The minimum atomic E-state index is -3.59. The van der Waals surface area contributed by atoms with Crippen LogP contribution in [0.4, 0.5) is 0 Å². The summed E-state index contributed by atoms with van der Waals surface area (Å²) in [6, 6.07) is 15.2. The van der Waals surface area contributed by atoms with E-state index in [0.29, 0.717) is 31.1 Å². The summed E-state index contributed by atoms with van der Waals surface area (Å²) in [5.41, 5.74) is 2.49. The van der Waals surface area contributed by atoms with Crippen molar-refractivity contribution in [1.29, 1.82) is 0 Å². The molecule has 1 aliphatic rings. The molecule has 2 aromatic carbocycles. The normalized spacial score (nSPS) is 16.1. The lowest BCUT2D eigenvalue weighted by atomic mass is 9.91. The first kappa shape index (κ1) is 20.6. The van der Waals surface area contributed by atoms with Gasteiger partial charge in [0.1, 0.15) is 0 Å². The Hall–Kier alpha value is -2.18. The second-order valence-electron chi connectivity index (χ2n) is 7.37. The molecule has 150 valence electrons. The molecule has 1 aliphatic heterocycles. The number of carbonyl (C=O) groups is 1. The molecule has 3 rings (SSSR count). The maximum absolute atomic E-state index is 13.1. The van der Waals surface area contributed by atoms with E-state index in [1.54, 1.807) is 16.4 Å². The van der Waals surface area contributed by atoms with Crippen LogP contribution < -0.4 is 5.32 Å². The molecule has 6 heteroatoms. The number of benzene rings is 2. The first-order valence-corrected chi connectivity index (χ1v) is 11.3. The number of amides is 1. The fraction of sp³-hybridized carbons (Fsp3) is 0.409. The molecule has 0 atom stereocenters. The summed E-state index contributed by atoms with van der Waals surface area (Å²) in [6.45, 7) is 5.20. The van der Waals surface area contributed by atoms with Crippen LogP contribution in [0.1, 0.15) is 41.3 Å². The molecule has 1 N–H and O–H groups in total. The van der Waals surface area contributed by atoms with E-state index in [1.165, 1.54) is 11.6 Å². The van der Waals surface area contributed by atoms with Gasteiger partial charge in [-0.25, -0.2) is 8.42 Å². The van der Waals surface area contributed by atoms with E-state index in [-0.39, 0.29) is 10.8 Å². The van der Waals surface area contributed by atoms with Gasteiger partial charge in [-0.2, -0.15) is 4.31 Å². The van der Waals surface area contributed by atoms with Crippen molar-refractivity contribution < 1.29 is 13.2 Å². The summed E-state index contributed by atoms with van der Waals surface area (Å²) < 4.78 is 27.7. The van der Waals surface area contributed by atoms with E-state index >= 15 is 0 Å². The summed E-state index contributed by atoms with van der Waals surface area (Å²) in [5.74, 6) is 0.261. The molecule has 28 heavy (non-hydrogen) atoms. The van der Waals surface area contributed by atoms with E-state index in [4.69, 9.17) is 0 Å². The van der Waals surface area contributed by atoms with Crippen LogP contribution in [0.5, 0.6) is 0 Å². The lowest BCUT2D eigenvalue weighted by Crippen LogP contribution is -2.39. The molecule has 0 spiro atoms. The number of hydrogen-bond acceptors (Lipinski definition) is 3. The van der Waals surface area contributed by atoms with Crippen LogP contribution in [-0.4, -0.2) is 38.3 Å². The third-order valence-corrected chi connectivity index (χ3v) is 7.26. The van der Waals surface area contributed by atoms with Gasteiger partial charge in [0.05, 0.1) is 4.90 Å². The third kappa shape index (κ3) is 4.62. The Morgan fingerprint density at radius 2 is 1.79 bits per heavy atom. The highest BCUT2D eigenvalue weighted by Crippen LogP contribution is 2.27. The first-order chi connectivity index (χ1) is 13.4. The fourth-order valence-electron chi connectivity index (χ4n) is 3.71. The number of rotatable bonds is 6. The van der Waals surface area contributed by atoms with Gasteiger partial charge in [-0.1, -0.05) is 36.4 Å². The zero-order chi connectivity index (χ0) is 20.1. The first-order valence-electron chi connectivity index (χ1n) is 9.84. The average Bonchev–Trinajstić information content (AvgIpc) is 2.69. The van der Waals surface area contributed by atoms with Gasteiger partial charge < -0.3 is 5.32 Å². The molecule has 0 aliphatic carbocycles. The number of nitrogens with one attached hydrogen (secondary N) is 1. The molecule has 1 heterocycles. The highest BCUT2D eigenvalue weighted by molar-refractivity contribution is 7.89. The number of piperidine rings is 1. The van der Waals surface area contributed by atoms with Crippen LogP contribution in [0.25, 0.3) is 0 Å². The highest BCUT2D eigenvalue weighted by atomic mass is 32.2. The molecule has 0 radical (unpaired) electrons. The molecule has 0 bridgehead atoms. The average molecular weight is 401 g/mol. The van der Waals surface area contributed by atoms with Crippen LogP contribution in [-0.2, 0) is 16.4 Å². The fourth-order valence-corrected chi connectivity index (χ4v) is 5.21. The van der Waals surface area contributed by atoms with Crippen LogP contribution in [0, 0.1) is 12.8 Å². The number of hydrogen-bond donors (Lipinski definition) is 1. The Morgan fingerprint density at radius 1 is 1.11 bits per heavy atom. The lowest BCUT2D eigenvalue weighted by molar-refractivity contribution is 0.0955. The molecule has 0 saturated carbocycles. The molecule has 2 aromatic rings. The Kier molecular flexibility index (Phi) is 6.52. The molecular weight excluding hydrogens is 372 g/mol. The minimum absolute atomic E-state index is 0.195. The number of sulfonamides is 1. The van der Waals surface area contributed by atoms with Crippen molar-refractivity contribution in [2.45, 2.75) is 38.0 Å². The van der Waals surface area contributed by atoms with E-state index in [1.807, 2.05) is 32.0 Å². The Morgan fingerprint density at radius 3 is 2.43 bits per heavy atom. The Bertz CT molecular complexity index is 918. The highest BCUT2D eigenvalue weighted by Gasteiger charge is 2.30. The number of carbonyl (C=O) groups excluding carboxylic acids is 1. The Labute approximate surface area is 167 Å². The van der Waals surface area contributed by atoms with Crippen molar-refractivity contribution in [3.05, 3.63) is 65.2 Å². The van der Waals surface area contributed by atoms with Gasteiger partial charge in [-0.15, -0.1) is 0 Å². The predicted molar refractivity (Wildman–Crippen MR) is 111 cm³/mol. The minimum Gasteiger partial charge on any atom is -0.352 e. The second-order valence-corrected chi connectivity index (χ2v) is 9.31. The molecule has 1 fully saturated rings. The molecule has 0 aromatic heterocycles. The van der Waals surface area contributed by atoms with Crippen molar-refractivity contribution >= 4 is 15.9 Å². The van der Waals surface area contributed by atoms with E-state index in [0.717, 1.165) is 24.8 Å². The van der Waals surface area contributed by atoms with Gasteiger partial charge >= 0.3 is 0 Å². The SMILES string of the molecule is CCNC(=O)c1cc(S(=O)(=O)N2CCC(Cc3ccccc3)CC2)ccc1C. The molecule has 1 amide bonds. The van der Waals surface area contributed by atoms with E-state index < -0.39 is 10.0 Å². The van der Waals surface area contributed by atoms with Crippen LogP contribution in [0.15, 0.2) is 53.4 Å². The quantitative estimate of drug-likeness (QED) is 0.808. The lowest BCUT2D eigenvalue weighted by Gasteiger charge is -2.31. The number of aryl methyl sites for hydroxylation is 1. The largest absolute Gasteiger partial charge is 0.352 e. The Balaban J connectivity index is 1.70. The smallest absolute Gasteiger partial charge is 0.251 e. The topological polar surface area (TPSA) is 66.5 Å². The number of nitrogens with zero attached hydrogens (tertiary/aromatic N) is 1. The zero-order valence-corrected chi connectivity index (χ0v) is 17.3. The zero-order valence-electron chi connectivity index (χ0n) is 16.5. The summed E-state index contributed by atoms with van der Waals surface area (Å²) in [5, 5.41) is 2.74. The van der Waals surface area contributed by atoms with Crippen molar-refractivity contribution in [1.82, 2.24) is 9.62 Å². The molecular formula is C22H28N2O3S. The molecule has 1 saturated heterocycles. The summed E-state index contributed by atoms with van der Waals surface area (Å²) in [7, 11) is -3.59. The van der Waals surface area contributed by atoms with Gasteiger partial charge in [0, 0.05) is 25.2 Å². The van der Waals surface area contributed by atoms with E-state index in [9.17, 15) is 13.2 Å². The van der Waals surface area contributed by atoms with Gasteiger partial charge in [0.15, 0.2) is 0 Å². The summed E-state index contributed by atoms with van der Waals surface area (Å²) in [4.78, 5) is 12.4. The molecule has 0 unspecified atom stereocenters. The van der Waals surface area contributed by atoms with Crippen molar-refractivity contribution in [2.24, 2.45) is 5.92 Å². The monoisotopic (exact) mass is 400 g/mol. The van der Waals surface area contributed by atoms with Gasteiger partial charge in [0.2, 0.25) is 10.0 Å². The van der Waals surface area contributed by atoms with Gasteiger partial charge in [-0.05, 0) is 62.3 Å². The predicted octanol–water partition coefficient (Wildman–Crippen LogP) is 3.39. The van der Waals surface area contributed by atoms with Crippen molar-refractivity contribution in [3.8, 4) is 0 Å². The van der Waals surface area contributed by atoms with Crippen LogP contribution in [0.2, 0.25) is 0 Å². The maximum atomic E-state index is 13.1. The second kappa shape index (κ2) is 8.88. The maximum Gasteiger partial charge on any atom is 0.251 e.